The maximum Gasteiger partial charge on any atom is 0.239 e. The van der Waals surface area contributed by atoms with Gasteiger partial charge in [0.1, 0.15) is 0 Å². The van der Waals surface area contributed by atoms with Gasteiger partial charge in [-0.05, 0) is 25.3 Å². The number of carbonyl (C=O) groups excluding carboxylic acids is 1. The Balaban J connectivity index is 0.00000196. The zero-order chi connectivity index (χ0) is 18.4. The Kier molecular flexibility index (Phi) is 10.5. The van der Waals surface area contributed by atoms with Gasteiger partial charge in [-0.15, -0.1) is 24.8 Å². The second kappa shape index (κ2) is 12.1. The topological polar surface area (TPSA) is 73.4 Å². The Hall–Kier alpha value is -1.60. The van der Waals surface area contributed by atoms with E-state index in [2.05, 4.69) is 17.1 Å². The summed E-state index contributed by atoms with van der Waals surface area (Å²) in [7, 11) is 0. The summed E-state index contributed by atoms with van der Waals surface area (Å²) < 4.78 is 7.66. The van der Waals surface area contributed by atoms with Crippen LogP contribution in [-0.4, -0.2) is 52.2 Å². The minimum Gasteiger partial charge on any atom is -0.376 e. The van der Waals surface area contributed by atoms with Crippen LogP contribution in [0.25, 0.3) is 0 Å². The molecule has 1 amide bonds. The smallest absolute Gasteiger partial charge is 0.239 e. The third-order valence-electron chi connectivity index (χ3n) is 4.78. The molecule has 2 atom stereocenters. The minimum atomic E-state index is -0.573. The number of nitrogens with two attached hydrogens (primary N) is 1. The van der Waals surface area contributed by atoms with E-state index in [-0.39, 0.29) is 36.8 Å². The summed E-state index contributed by atoms with van der Waals surface area (Å²) in [6.07, 6.45) is 6.45. The first-order valence-corrected chi connectivity index (χ1v) is 9.36. The highest BCUT2D eigenvalue weighted by atomic mass is 35.5. The quantitative estimate of drug-likeness (QED) is 0.701. The number of rotatable bonds is 8. The van der Waals surface area contributed by atoms with Crippen molar-refractivity contribution >= 4 is 30.7 Å². The summed E-state index contributed by atoms with van der Waals surface area (Å²) >= 11 is 0. The summed E-state index contributed by atoms with van der Waals surface area (Å²) in [5.74, 6) is -0.0272. The molecular weight excluding hydrogens is 399 g/mol. The summed E-state index contributed by atoms with van der Waals surface area (Å²) in [4.78, 5) is 18.9. The number of ether oxygens (including phenoxy) is 1. The number of halogens is 2. The molecule has 1 aliphatic rings. The molecule has 1 unspecified atom stereocenters. The summed E-state index contributed by atoms with van der Waals surface area (Å²) in [5.41, 5.74) is 8.24. The van der Waals surface area contributed by atoms with Crippen molar-refractivity contribution in [2.45, 2.75) is 44.9 Å². The Morgan fingerprint density at radius 1 is 1.36 bits per heavy atom. The maximum atomic E-state index is 12.7. The van der Waals surface area contributed by atoms with Crippen LogP contribution >= 0.6 is 24.8 Å². The number of hydrogen-bond donors (Lipinski definition) is 1. The lowest BCUT2D eigenvalue weighted by Gasteiger charge is -2.26. The third kappa shape index (κ3) is 6.78. The predicted molar refractivity (Wildman–Crippen MR) is 115 cm³/mol. The van der Waals surface area contributed by atoms with Crippen molar-refractivity contribution in [3.8, 4) is 0 Å². The zero-order valence-electron chi connectivity index (χ0n) is 16.2. The predicted octanol–water partition coefficient (Wildman–Crippen LogP) is 2.67. The second-order valence-corrected chi connectivity index (χ2v) is 6.85. The first-order chi connectivity index (χ1) is 12.7. The monoisotopic (exact) mass is 428 g/mol. The number of benzene rings is 1. The van der Waals surface area contributed by atoms with Crippen LogP contribution < -0.4 is 5.73 Å². The minimum absolute atomic E-state index is 0. The second-order valence-electron chi connectivity index (χ2n) is 6.85. The van der Waals surface area contributed by atoms with Crippen molar-refractivity contribution in [2.24, 2.45) is 5.73 Å². The molecule has 0 bridgehead atoms. The molecule has 1 aliphatic heterocycles. The van der Waals surface area contributed by atoms with Gasteiger partial charge >= 0.3 is 0 Å². The molecule has 2 aromatic rings. The van der Waals surface area contributed by atoms with Crippen molar-refractivity contribution < 1.29 is 9.53 Å². The summed E-state index contributed by atoms with van der Waals surface area (Å²) in [6.45, 7) is 4.81. The highest BCUT2D eigenvalue weighted by Gasteiger charge is 2.25. The van der Waals surface area contributed by atoms with Crippen LogP contribution in [-0.2, 0) is 22.5 Å². The Morgan fingerprint density at radius 3 is 2.75 bits per heavy atom. The normalized spacial score (nSPS) is 16.7. The number of amides is 1. The van der Waals surface area contributed by atoms with Gasteiger partial charge in [0.05, 0.1) is 24.2 Å². The molecule has 8 heteroatoms. The lowest BCUT2D eigenvalue weighted by atomic mass is 10.1. The van der Waals surface area contributed by atoms with E-state index in [0.717, 1.165) is 31.7 Å². The van der Waals surface area contributed by atoms with Crippen LogP contribution in [0.2, 0.25) is 0 Å². The van der Waals surface area contributed by atoms with Crippen molar-refractivity contribution in [3.05, 3.63) is 54.1 Å². The number of likely N-dealkylation sites (N-methyl/N-ethyl adjacent to an activating group) is 1. The molecule has 0 aliphatic carbocycles. The molecule has 3 rings (SSSR count). The maximum absolute atomic E-state index is 12.7. The molecule has 28 heavy (non-hydrogen) atoms. The highest BCUT2D eigenvalue weighted by Crippen LogP contribution is 2.14. The largest absolute Gasteiger partial charge is 0.376 e. The van der Waals surface area contributed by atoms with Gasteiger partial charge < -0.3 is 19.9 Å². The van der Waals surface area contributed by atoms with Crippen molar-refractivity contribution in [1.82, 2.24) is 14.5 Å². The van der Waals surface area contributed by atoms with E-state index in [1.165, 1.54) is 5.56 Å². The van der Waals surface area contributed by atoms with Gasteiger partial charge in [-0.25, -0.2) is 4.98 Å². The SMILES string of the molecule is CCN(CC1CCCO1)C(=O)[C@@H](N)Cc1cn(Cc2ccccc2)cn1.Cl.Cl. The van der Waals surface area contributed by atoms with Gasteiger partial charge in [-0.1, -0.05) is 30.3 Å². The number of nitrogens with zero attached hydrogens (tertiary/aromatic N) is 3. The van der Waals surface area contributed by atoms with Gasteiger partial charge in [-0.3, -0.25) is 4.79 Å². The van der Waals surface area contributed by atoms with Gasteiger partial charge in [0.15, 0.2) is 0 Å². The molecule has 2 heterocycles. The third-order valence-corrected chi connectivity index (χ3v) is 4.78. The first kappa shape index (κ1) is 24.4. The lowest BCUT2D eigenvalue weighted by molar-refractivity contribution is -0.133. The van der Waals surface area contributed by atoms with Crippen molar-refractivity contribution in [3.63, 3.8) is 0 Å². The Morgan fingerprint density at radius 2 is 2.11 bits per heavy atom. The molecule has 0 saturated carbocycles. The van der Waals surface area contributed by atoms with Crippen molar-refractivity contribution in [2.75, 3.05) is 19.7 Å². The van der Waals surface area contributed by atoms with Gasteiger partial charge in [0.2, 0.25) is 5.91 Å². The molecule has 0 radical (unpaired) electrons. The summed E-state index contributed by atoms with van der Waals surface area (Å²) in [5, 5.41) is 0. The average Bonchev–Trinajstić information content (AvgIpc) is 3.32. The lowest BCUT2D eigenvalue weighted by Crippen LogP contribution is -2.47. The standard InChI is InChI=1S/C20H28N4O2.2ClH/c1-2-24(14-18-9-6-10-26-18)20(25)19(21)11-17-13-23(15-22-17)12-16-7-4-3-5-8-16;;/h3-5,7-8,13,15,18-19H,2,6,9-12,14,21H2,1H3;2*1H/t18?,19-;;/m0../s1. The fourth-order valence-electron chi connectivity index (χ4n) is 3.35. The molecule has 6 nitrogen and oxygen atoms in total. The van der Waals surface area contributed by atoms with E-state index >= 15 is 0 Å². The van der Waals surface area contributed by atoms with E-state index in [4.69, 9.17) is 10.5 Å². The van der Waals surface area contributed by atoms with E-state index in [0.29, 0.717) is 19.5 Å². The molecule has 1 fully saturated rings. The zero-order valence-corrected chi connectivity index (χ0v) is 17.8. The number of carbonyl (C=O) groups is 1. The average molecular weight is 429 g/mol. The van der Waals surface area contributed by atoms with Crippen molar-refractivity contribution in [1.29, 1.82) is 0 Å². The molecule has 1 saturated heterocycles. The number of imidazole rings is 1. The molecule has 1 aromatic carbocycles. The van der Waals surface area contributed by atoms with Crippen LogP contribution in [0.1, 0.15) is 31.0 Å². The number of hydrogen-bond acceptors (Lipinski definition) is 4. The van der Waals surface area contributed by atoms with Crippen LogP contribution in [0, 0.1) is 0 Å². The van der Waals surface area contributed by atoms with Gasteiger partial charge in [-0.2, -0.15) is 0 Å². The van der Waals surface area contributed by atoms with Crippen LogP contribution in [0.5, 0.6) is 0 Å². The first-order valence-electron chi connectivity index (χ1n) is 9.36. The van der Waals surface area contributed by atoms with E-state index in [9.17, 15) is 4.79 Å². The summed E-state index contributed by atoms with van der Waals surface area (Å²) in [6, 6.07) is 9.64. The molecule has 2 N–H and O–H groups in total. The van der Waals surface area contributed by atoms with E-state index in [1.54, 1.807) is 6.33 Å². The highest BCUT2D eigenvalue weighted by molar-refractivity contribution is 5.85. The van der Waals surface area contributed by atoms with Crippen LogP contribution in [0.4, 0.5) is 0 Å². The van der Waals surface area contributed by atoms with Gasteiger partial charge in [0, 0.05) is 38.9 Å². The molecular formula is C20H30Cl2N4O2. The molecule has 156 valence electrons. The number of aromatic nitrogens is 2. The Bertz CT molecular complexity index is 705. The van der Waals surface area contributed by atoms with Crippen LogP contribution in [0.3, 0.4) is 0 Å². The van der Waals surface area contributed by atoms with Gasteiger partial charge in [0.25, 0.3) is 0 Å². The fraction of sp³-hybridized carbons (Fsp3) is 0.500. The molecule has 0 spiro atoms. The van der Waals surface area contributed by atoms with E-state index < -0.39 is 6.04 Å². The Labute approximate surface area is 179 Å². The molecule has 1 aromatic heterocycles. The van der Waals surface area contributed by atoms with E-state index in [1.807, 2.05) is 40.8 Å². The van der Waals surface area contributed by atoms with Crippen LogP contribution in [0.15, 0.2) is 42.9 Å². The fourth-order valence-corrected chi connectivity index (χ4v) is 3.35.